The number of hydrogen-bond donors (Lipinski definition) is 0. The van der Waals surface area contributed by atoms with Crippen LogP contribution in [0.2, 0.25) is 5.02 Å². The van der Waals surface area contributed by atoms with Crippen molar-refractivity contribution in [3.8, 4) is 0 Å². The molecule has 0 N–H and O–H groups in total. The first-order valence-electron chi connectivity index (χ1n) is 6.48. The Morgan fingerprint density at radius 3 is 2.68 bits per heavy atom. The van der Waals surface area contributed by atoms with Gasteiger partial charge in [-0.3, -0.25) is 9.48 Å². The Bertz CT molecular complexity index is 643. The molecule has 2 aromatic heterocycles. The van der Waals surface area contributed by atoms with Gasteiger partial charge in [-0.15, -0.1) is 0 Å². The van der Waals surface area contributed by atoms with E-state index in [-0.39, 0.29) is 5.56 Å². The van der Waals surface area contributed by atoms with E-state index in [0.717, 1.165) is 29.9 Å². The molecule has 0 fully saturated rings. The molecule has 0 atom stereocenters. The van der Waals surface area contributed by atoms with E-state index in [9.17, 15) is 4.79 Å². The van der Waals surface area contributed by atoms with Gasteiger partial charge in [0.05, 0.1) is 23.0 Å². The van der Waals surface area contributed by atoms with Crippen LogP contribution in [0.15, 0.2) is 23.1 Å². The molecule has 0 aliphatic carbocycles. The summed E-state index contributed by atoms with van der Waals surface area (Å²) in [4.78, 5) is 11.9. The van der Waals surface area contributed by atoms with Crippen molar-refractivity contribution in [1.82, 2.24) is 14.3 Å². The van der Waals surface area contributed by atoms with E-state index in [2.05, 4.69) is 5.10 Å². The van der Waals surface area contributed by atoms with Crippen LogP contribution in [0.4, 0.5) is 0 Å². The first kappa shape index (κ1) is 13.9. The van der Waals surface area contributed by atoms with E-state index in [4.69, 9.17) is 11.6 Å². The van der Waals surface area contributed by atoms with Crippen LogP contribution in [0.3, 0.4) is 0 Å². The van der Waals surface area contributed by atoms with Gasteiger partial charge < -0.3 is 4.57 Å². The van der Waals surface area contributed by atoms with Gasteiger partial charge in [-0.2, -0.15) is 5.10 Å². The molecule has 4 nitrogen and oxygen atoms in total. The Balaban J connectivity index is 2.42. The minimum Gasteiger partial charge on any atom is -0.309 e. The molecular weight excluding hydrogens is 262 g/mol. The average Bonchev–Trinajstić information content (AvgIpc) is 2.69. The molecule has 2 aromatic rings. The smallest absolute Gasteiger partial charge is 0.251 e. The van der Waals surface area contributed by atoms with Crippen LogP contribution in [-0.2, 0) is 19.5 Å². The monoisotopic (exact) mass is 279 g/mol. The first-order chi connectivity index (χ1) is 9.06. The van der Waals surface area contributed by atoms with Gasteiger partial charge in [0.1, 0.15) is 0 Å². The molecule has 19 heavy (non-hydrogen) atoms. The summed E-state index contributed by atoms with van der Waals surface area (Å²) in [5.41, 5.74) is 2.73. The average molecular weight is 280 g/mol. The SMILES string of the molecule is CCc1nn(CC)c(Cn2ccc(C)cc2=O)c1Cl. The quantitative estimate of drug-likeness (QED) is 0.863. The number of rotatable bonds is 4. The Morgan fingerprint density at radius 2 is 2.11 bits per heavy atom. The minimum absolute atomic E-state index is 0.0158. The van der Waals surface area contributed by atoms with Crippen molar-refractivity contribution >= 4 is 11.6 Å². The van der Waals surface area contributed by atoms with E-state index >= 15 is 0 Å². The van der Waals surface area contributed by atoms with Crippen molar-refractivity contribution in [2.24, 2.45) is 0 Å². The van der Waals surface area contributed by atoms with Crippen molar-refractivity contribution in [1.29, 1.82) is 0 Å². The Morgan fingerprint density at radius 1 is 1.37 bits per heavy atom. The number of aryl methyl sites for hydroxylation is 3. The molecule has 0 aromatic carbocycles. The molecule has 102 valence electrons. The Labute approximate surface area is 117 Å². The predicted octanol–water partition coefficient (Wildman–Crippen LogP) is 2.64. The van der Waals surface area contributed by atoms with Gasteiger partial charge in [0, 0.05) is 18.8 Å². The second-order valence-electron chi connectivity index (χ2n) is 4.55. The molecule has 0 bridgehead atoms. The maximum absolute atomic E-state index is 11.9. The molecule has 0 saturated heterocycles. The summed E-state index contributed by atoms with van der Waals surface area (Å²) in [6.07, 6.45) is 2.59. The largest absolute Gasteiger partial charge is 0.309 e. The summed E-state index contributed by atoms with van der Waals surface area (Å²) in [5, 5.41) is 5.14. The van der Waals surface area contributed by atoms with Gasteiger partial charge in [-0.1, -0.05) is 18.5 Å². The maximum atomic E-state index is 11.9. The Kier molecular flexibility index (Phi) is 4.10. The second-order valence-corrected chi connectivity index (χ2v) is 4.92. The second kappa shape index (κ2) is 5.61. The zero-order valence-corrected chi connectivity index (χ0v) is 12.2. The van der Waals surface area contributed by atoms with Crippen LogP contribution >= 0.6 is 11.6 Å². The molecule has 0 aliphatic heterocycles. The van der Waals surface area contributed by atoms with E-state index in [0.29, 0.717) is 11.6 Å². The van der Waals surface area contributed by atoms with E-state index < -0.39 is 0 Å². The lowest BCUT2D eigenvalue weighted by Crippen LogP contribution is -2.21. The fourth-order valence-corrected chi connectivity index (χ4v) is 2.40. The van der Waals surface area contributed by atoms with Gasteiger partial charge in [-0.05, 0) is 31.9 Å². The Hall–Kier alpha value is -1.55. The fourth-order valence-electron chi connectivity index (χ4n) is 2.07. The molecule has 0 spiro atoms. The first-order valence-corrected chi connectivity index (χ1v) is 6.85. The lowest BCUT2D eigenvalue weighted by Gasteiger charge is -2.08. The molecule has 2 rings (SSSR count). The van der Waals surface area contributed by atoms with Crippen LogP contribution in [-0.4, -0.2) is 14.3 Å². The summed E-state index contributed by atoms with van der Waals surface area (Å²) in [6, 6.07) is 3.55. The highest BCUT2D eigenvalue weighted by Crippen LogP contribution is 2.22. The van der Waals surface area contributed by atoms with Crippen LogP contribution in [0.5, 0.6) is 0 Å². The van der Waals surface area contributed by atoms with Gasteiger partial charge >= 0.3 is 0 Å². The molecule has 0 unspecified atom stereocenters. The highest BCUT2D eigenvalue weighted by Gasteiger charge is 2.14. The van der Waals surface area contributed by atoms with Gasteiger partial charge in [0.25, 0.3) is 5.56 Å². The van der Waals surface area contributed by atoms with Crippen LogP contribution in [0.1, 0.15) is 30.8 Å². The topological polar surface area (TPSA) is 39.8 Å². The summed E-state index contributed by atoms with van der Waals surface area (Å²) in [6.45, 7) is 7.15. The van der Waals surface area contributed by atoms with Gasteiger partial charge in [0.2, 0.25) is 0 Å². The fraction of sp³-hybridized carbons (Fsp3) is 0.429. The molecule has 0 radical (unpaired) electrons. The number of hydrogen-bond acceptors (Lipinski definition) is 2. The van der Waals surface area contributed by atoms with Crippen molar-refractivity contribution in [2.75, 3.05) is 0 Å². The molecule has 0 saturated carbocycles. The number of aromatic nitrogens is 3. The van der Waals surface area contributed by atoms with Gasteiger partial charge in [-0.25, -0.2) is 0 Å². The number of pyridine rings is 1. The normalized spacial score (nSPS) is 10.9. The molecule has 2 heterocycles. The third-order valence-electron chi connectivity index (χ3n) is 3.17. The molecular formula is C14H18ClN3O. The lowest BCUT2D eigenvalue weighted by molar-refractivity contribution is 0.589. The molecule has 5 heteroatoms. The van der Waals surface area contributed by atoms with E-state index in [1.165, 1.54) is 0 Å². The maximum Gasteiger partial charge on any atom is 0.251 e. The summed E-state index contributed by atoms with van der Waals surface area (Å²) in [7, 11) is 0. The number of nitrogens with zero attached hydrogens (tertiary/aromatic N) is 3. The minimum atomic E-state index is -0.0158. The van der Waals surface area contributed by atoms with E-state index in [1.807, 2.05) is 31.5 Å². The summed E-state index contributed by atoms with van der Waals surface area (Å²) < 4.78 is 3.52. The van der Waals surface area contributed by atoms with Crippen molar-refractivity contribution in [2.45, 2.75) is 40.3 Å². The van der Waals surface area contributed by atoms with Crippen molar-refractivity contribution in [3.05, 3.63) is 50.7 Å². The van der Waals surface area contributed by atoms with Crippen molar-refractivity contribution < 1.29 is 0 Å². The van der Waals surface area contributed by atoms with Crippen LogP contribution in [0, 0.1) is 6.92 Å². The summed E-state index contributed by atoms with van der Waals surface area (Å²) in [5.74, 6) is 0. The van der Waals surface area contributed by atoms with E-state index in [1.54, 1.807) is 16.8 Å². The lowest BCUT2D eigenvalue weighted by atomic mass is 10.2. The molecule has 0 aliphatic rings. The predicted molar refractivity (Wildman–Crippen MR) is 76.8 cm³/mol. The zero-order chi connectivity index (χ0) is 14.0. The molecule has 0 amide bonds. The third-order valence-corrected chi connectivity index (χ3v) is 3.60. The highest BCUT2D eigenvalue weighted by molar-refractivity contribution is 6.31. The summed E-state index contributed by atoms with van der Waals surface area (Å²) >= 11 is 6.34. The highest BCUT2D eigenvalue weighted by atomic mass is 35.5. The number of halogens is 1. The third kappa shape index (κ3) is 2.73. The van der Waals surface area contributed by atoms with Crippen LogP contribution in [0.25, 0.3) is 0 Å². The zero-order valence-electron chi connectivity index (χ0n) is 11.5. The van der Waals surface area contributed by atoms with Crippen molar-refractivity contribution in [3.63, 3.8) is 0 Å². The van der Waals surface area contributed by atoms with Crippen LogP contribution < -0.4 is 5.56 Å². The standard InChI is InChI=1S/C14H18ClN3O/c1-4-11-14(15)12(18(5-2)16-11)9-17-7-6-10(3)8-13(17)19/h6-8H,4-5,9H2,1-3H3. The van der Waals surface area contributed by atoms with Gasteiger partial charge in [0.15, 0.2) is 0 Å².